The number of nitrogens with zero attached hydrogens (tertiary/aromatic N) is 1. The molecule has 0 spiro atoms. The average molecular weight is 405 g/mol. The van der Waals surface area contributed by atoms with Crippen molar-refractivity contribution in [2.24, 2.45) is 0 Å². The van der Waals surface area contributed by atoms with E-state index >= 15 is 0 Å². The van der Waals surface area contributed by atoms with Crippen molar-refractivity contribution in [2.75, 3.05) is 12.8 Å². The molecule has 2 amide bonds. The third-order valence-electron chi connectivity index (χ3n) is 4.28. The second-order valence-corrected chi connectivity index (χ2v) is 7.77. The fraction of sp³-hybridized carbons (Fsp3) is 0.333. The quantitative estimate of drug-likeness (QED) is 0.667. The van der Waals surface area contributed by atoms with Crippen molar-refractivity contribution in [1.82, 2.24) is 10.2 Å². The molecule has 6 heteroatoms. The predicted octanol–water partition coefficient (Wildman–Crippen LogP) is 4.29. The van der Waals surface area contributed by atoms with Crippen molar-refractivity contribution in [2.45, 2.75) is 37.8 Å². The molecule has 0 aromatic heterocycles. The fourth-order valence-electron chi connectivity index (χ4n) is 2.74. The molecule has 0 aliphatic heterocycles. The van der Waals surface area contributed by atoms with Gasteiger partial charge in [-0.2, -0.15) is 0 Å². The molecular formula is C21H25ClN2O2S. The molecule has 0 aliphatic rings. The number of likely N-dealkylation sites (N-methyl/N-ethyl adjacent to an activating group) is 1. The number of aryl methyl sites for hydroxylation is 1. The number of thioether (sulfide) groups is 1. The molecule has 1 atom stereocenters. The number of rotatable bonds is 8. The Morgan fingerprint density at radius 2 is 1.74 bits per heavy atom. The van der Waals surface area contributed by atoms with Gasteiger partial charge in [0, 0.05) is 23.5 Å². The highest BCUT2D eigenvalue weighted by Gasteiger charge is 2.27. The van der Waals surface area contributed by atoms with Crippen molar-refractivity contribution in [3.63, 3.8) is 0 Å². The Bertz CT molecular complexity index is 763. The van der Waals surface area contributed by atoms with Crippen LogP contribution in [0.3, 0.4) is 0 Å². The van der Waals surface area contributed by atoms with Crippen LogP contribution in [0.25, 0.3) is 0 Å². The molecule has 0 unspecified atom stereocenters. The standard InChI is InChI=1S/C21H25ClN2O2S/c1-4-19(21(26)23-3)24(13-16-7-5-15(2)6-8-16)20(25)14-27-18-11-9-17(22)10-12-18/h5-12,19H,4,13-14H2,1-3H3,(H,23,26)/t19-/m0/s1. The van der Waals surface area contributed by atoms with E-state index < -0.39 is 6.04 Å². The minimum atomic E-state index is -0.491. The van der Waals surface area contributed by atoms with Crippen LogP contribution in [0.2, 0.25) is 5.02 Å². The topological polar surface area (TPSA) is 49.4 Å². The van der Waals surface area contributed by atoms with Gasteiger partial charge in [-0.3, -0.25) is 9.59 Å². The highest BCUT2D eigenvalue weighted by Crippen LogP contribution is 2.22. The van der Waals surface area contributed by atoms with Crippen molar-refractivity contribution in [3.8, 4) is 0 Å². The maximum Gasteiger partial charge on any atom is 0.242 e. The van der Waals surface area contributed by atoms with Gasteiger partial charge in [-0.1, -0.05) is 48.4 Å². The molecule has 144 valence electrons. The summed E-state index contributed by atoms with van der Waals surface area (Å²) in [6.07, 6.45) is 0.558. The lowest BCUT2D eigenvalue weighted by Gasteiger charge is -2.30. The van der Waals surface area contributed by atoms with Crippen molar-refractivity contribution >= 4 is 35.2 Å². The molecule has 1 N–H and O–H groups in total. The minimum absolute atomic E-state index is 0.0639. The summed E-state index contributed by atoms with van der Waals surface area (Å²) in [5.41, 5.74) is 2.17. The number of amides is 2. The van der Waals surface area contributed by atoms with Gasteiger partial charge in [-0.15, -0.1) is 11.8 Å². The number of nitrogens with one attached hydrogen (secondary N) is 1. The molecule has 4 nitrogen and oxygen atoms in total. The van der Waals surface area contributed by atoms with Crippen LogP contribution in [0.4, 0.5) is 0 Å². The summed E-state index contributed by atoms with van der Waals surface area (Å²) in [6.45, 7) is 4.35. The Kier molecular flexibility index (Phi) is 8.20. The summed E-state index contributed by atoms with van der Waals surface area (Å²) >= 11 is 7.35. The largest absolute Gasteiger partial charge is 0.357 e. The lowest BCUT2D eigenvalue weighted by Crippen LogP contribution is -2.48. The Labute approximate surface area is 170 Å². The molecule has 2 rings (SSSR count). The minimum Gasteiger partial charge on any atom is -0.357 e. The molecule has 0 aliphatic carbocycles. The monoisotopic (exact) mass is 404 g/mol. The molecule has 0 fully saturated rings. The van der Waals surface area contributed by atoms with Crippen LogP contribution in [0, 0.1) is 6.92 Å². The smallest absolute Gasteiger partial charge is 0.242 e. The van der Waals surface area contributed by atoms with E-state index in [-0.39, 0.29) is 17.6 Å². The van der Waals surface area contributed by atoms with Crippen LogP contribution in [0.1, 0.15) is 24.5 Å². The van der Waals surface area contributed by atoms with E-state index in [1.807, 2.05) is 50.2 Å². The van der Waals surface area contributed by atoms with Gasteiger partial charge in [0.05, 0.1) is 5.75 Å². The van der Waals surface area contributed by atoms with E-state index in [2.05, 4.69) is 5.32 Å². The summed E-state index contributed by atoms with van der Waals surface area (Å²) in [5, 5.41) is 3.34. The van der Waals surface area contributed by atoms with Crippen molar-refractivity contribution < 1.29 is 9.59 Å². The van der Waals surface area contributed by atoms with Crippen LogP contribution in [0.15, 0.2) is 53.4 Å². The molecule has 2 aromatic carbocycles. The van der Waals surface area contributed by atoms with Crippen LogP contribution in [-0.4, -0.2) is 35.6 Å². The van der Waals surface area contributed by atoms with Crippen molar-refractivity contribution in [1.29, 1.82) is 0 Å². The van der Waals surface area contributed by atoms with E-state index in [4.69, 9.17) is 11.6 Å². The van der Waals surface area contributed by atoms with Gasteiger partial charge in [-0.05, 0) is 43.2 Å². The van der Waals surface area contributed by atoms with Gasteiger partial charge < -0.3 is 10.2 Å². The summed E-state index contributed by atoms with van der Waals surface area (Å²) in [6, 6.07) is 14.9. The summed E-state index contributed by atoms with van der Waals surface area (Å²) < 4.78 is 0. The number of halogens is 1. The predicted molar refractivity (Wildman–Crippen MR) is 112 cm³/mol. The first-order valence-electron chi connectivity index (χ1n) is 8.89. The first kappa shape index (κ1) is 21.3. The van der Waals surface area contributed by atoms with Crippen molar-refractivity contribution in [3.05, 3.63) is 64.7 Å². The molecular weight excluding hydrogens is 380 g/mol. The maximum absolute atomic E-state index is 13.0. The third kappa shape index (κ3) is 6.29. The zero-order valence-corrected chi connectivity index (χ0v) is 17.4. The summed E-state index contributed by atoms with van der Waals surface area (Å²) in [4.78, 5) is 27.9. The molecule has 27 heavy (non-hydrogen) atoms. The second-order valence-electron chi connectivity index (χ2n) is 6.29. The lowest BCUT2D eigenvalue weighted by molar-refractivity contribution is -0.139. The van der Waals surface area contributed by atoms with Gasteiger partial charge >= 0.3 is 0 Å². The highest BCUT2D eigenvalue weighted by molar-refractivity contribution is 8.00. The Balaban J connectivity index is 2.15. The van der Waals surface area contributed by atoms with E-state index in [0.29, 0.717) is 18.0 Å². The van der Waals surface area contributed by atoms with Gasteiger partial charge in [0.15, 0.2) is 0 Å². The number of hydrogen-bond donors (Lipinski definition) is 1. The zero-order valence-electron chi connectivity index (χ0n) is 15.9. The SMILES string of the molecule is CC[C@@H](C(=O)NC)N(Cc1ccc(C)cc1)C(=O)CSc1ccc(Cl)cc1. The molecule has 0 heterocycles. The van der Waals surface area contributed by atoms with Crippen LogP contribution < -0.4 is 5.32 Å². The Morgan fingerprint density at radius 3 is 2.30 bits per heavy atom. The van der Waals surface area contributed by atoms with Crippen LogP contribution in [0.5, 0.6) is 0 Å². The number of benzene rings is 2. The van der Waals surface area contributed by atoms with Crippen LogP contribution in [-0.2, 0) is 16.1 Å². The summed E-state index contributed by atoms with van der Waals surface area (Å²) in [7, 11) is 1.60. The van der Waals surface area contributed by atoms with Gasteiger partial charge in [0.25, 0.3) is 0 Å². The van der Waals surface area contributed by atoms with Crippen LogP contribution >= 0.6 is 23.4 Å². The molecule has 2 aromatic rings. The fourth-order valence-corrected chi connectivity index (χ4v) is 3.65. The zero-order chi connectivity index (χ0) is 19.8. The average Bonchev–Trinajstić information content (AvgIpc) is 2.68. The normalized spacial score (nSPS) is 11.7. The Hall–Kier alpha value is -1.98. The Morgan fingerprint density at radius 1 is 1.11 bits per heavy atom. The number of hydrogen-bond acceptors (Lipinski definition) is 3. The number of carbonyl (C=O) groups excluding carboxylic acids is 2. The highest BCUT2D eigenvalue weighted by atomic mass is 35.5. The maximum atomic E-state index is 13.0. The lowest BCUT2D eigenvalue weighted by atomic mass is 10.1. The second kappa shape index (κ2) is 10.4. The summed E-state index contributed by atoms with van der Waals surface area (Å²) in [5.74, 6) is 0.0569. The third-order valence-corrected chi connectivity index (χ3v) is 5.53. The first-order chi connectivity index (χ1) is 12.9. The molecule has 0 radical (unpaired) electrons. The van der Waals surface area contributed by atoms with E-state index in [1.165, 1.54) is 11.8 Å². The van der Waals surface area contributed by atoms with E-state index in [9.17, 15) is 9.59 Å². The van der Waals surface area contributed by atoms with Gasteiger partial charge in [-0.25, -0.2) is 0 Å². The first-order valence-corrected chi connectivity index (χ1v) is 10.3. The number of carbonyl (C=O) groups is 2. The molecule has 0 saturated heterocycles. The molecule has 0 saturated carbocycles. The molecule has 0 bridgehead atoms. The van der Waals surface area contributed by atoms with E-state index in [1.54, 1.807) is 24.1 Å². The van der Waals surface area contributed by atoms with Gasteiger partial charge in [0.1, 0.15) is 6.04 Å². The van der Waals surface area contributed by atoms with Gasteiger partial charge in [0.2, 0.25) is 11.8 Å². The van der Waals surface area contributed by atoms with E-state index in [0.717, 1.165) is 16.0 Å².